The smallest absolute Gasteiger partial charge is 0.228 e. The molecule has 0 saturated heterocycles. The molecule has 3 nitrogen and oxygen atoms in total. The molecule has 1 N–H and O–H groups in total. The predicted octanol–water partition coefficient (Wildman–Crippen LogP) is 4.09. The maximum Gasteiger partial charge on any atom is 0.228 e. The van der Waals surface area contributed by atoms with E-state index in [4.69, 9.17) is 16.3 Å². The van der Waals surface area contributed by atoms with Gasteiger partial charge in [-0.25, -0.2) is 0 Å². The first-order valence-corrected chi connectivity index (χ1v) is 7.25. The number of ether oxygens (including phenoxy) is 1. The molecule has 1 amide bonds. The molecule has 0 radical (unpaired) electrons. The van der Waals surface area contributed by atoms with Crippen molar-refractivity contribution >= 4 is 23.2 Å². The van der Waals surface area contributed by atoms with Crippen LogP contribution in [0.15, 0.2) is 48.5 Å². The van der Waals surface area contributed by atoms with Crippen LogP contribution in [0.5, 0.6) is 5.75 Å². The van der Waals surface area contributed by atoms with Crippen LogP contribution < -0.4 is 10.1 Å². The number of halogens is 1. The molecule has 0 spiro atoms. The highest BCUT2D eigenvalue weighted by Gasteiger charge is 2.43. The third-order valence-corrected chi connectivity index (χ3v) is 4.00. The number of rotatable bonds is 4. The zero-order valence-electron chi connectivity index (χ0n) is 11.7. The summed E-state index contributed by atoms with van der Waals surface area (Å²) in [4.78, 5) is 12.2. The van der Waals surface area contributed by atoms with Gasteiger partial charge in [0, 0.05) is 16.6 Å². The third-order valence-electron chi connectivity index (χ3n) is 3.76. The summed E-state index contributed by atoms with van der Waals surface area (Å²) < 4.78 is 5.14. The van der Waals surface area contributed by atoms with Crippen molar-refractivity contribution in [2.75, 3.05) is 12.4 Å². The molecule has 1 aliphatic carbocycles. The number of amides is 1. The van der Waals surface area contributed by atoms with Crippen LogP contribution in [0.3, 0.4) is 0 Å². The van der Waals surface area contributed by atoms with Crippen molar-refractivity contribution < 1.29 is 9.53 Å². The Morgan fingerprint density at radius 2 is 2.00 bits per heavy atom. The molecule has 1 saturated carbocycles. The van der Waals surface area contributed by atoms with Crippen molar-refractivity contribution in [1.29, 1.82) is 0 Å². The average Bonchev–Trinajstić information content (AvgIpc) is 3.28. The Kier molecular flexibility index (Phi) is 3.84. The van der Waals surface area contributed by atoms with Crippen LogP contribution in [0, 0.1) is 5.92 Å². The molecular weight excluding hydrogens is 286 g/mol. The summed E-state index contributed by atoms with van der Waals surface area (Å²) in [5.74, 6) is 1.23. The minimum Gasteiger partial charge on any atom is -0.497 e. The fourth-order valence-corrected chi connectivity index (χ4v) is 2.70. The van der Waals surface area contributed by atoms with Crippen molar-refractivity contribution in [3.8, 4) is 5.75 Å². The highest BCUT2D eigenvalue weighted by atomic mass is 35.5. The second-order valence-corrected chi connectivity index (χ2v) is 5.66. The maximum absolute atomic E-state index is 12.2. The van der Waals surface area contributed by atoms with Crippen LogP contribution in [-0.2, 0) is 4.79 Å². The minimum absolute atomic E-state index is 0.0392. The number of anilines is 1. The maximum atomic E-state index is 12.2. The van der Waals surface area contributed by atoms with Gasteiger partial charge in [-0.1, -0.05) is 29.8 Å². The first-order chi connectivity index (χ1) is 10.2. The topological polar surface area (TPSA) is 38.3 Å². The lowest BCUT2D eigenvalue weighted by atomic mass is 10.1. The van der Waals surface area contributed by atoms with Gasteiger partial charge in [0.1, 0.15) is 5.75 Å². The van der Waals surface area contributed by atoms with E-state index in [2.05, 4.69) is 5.32 Å². The Hall–Kier alpha value is -2.00. The SMILES string of the molecule is COc1ccc(C2CC2C(=O)Nc2cccc(Cl)c2)cc1. The van der Waals surface area contributed by atoms with E-state index in [1.54, 1.807) is 19.2 Å². The monoisotopic (exact) mass is 301 g/mol. The van der Waals surface area contributed by atoms with E-state index in [0.29, 0.717) is 10.9 Å². The van der Waals surface area contributed by atoms with Crippen LogP contribution in [-0.4, -0.2) is 13.0 Å². The number of hydrogen-bond acceptors (Lipinski definition) is 2. The lowest BCUT2D eigenvalue weighted by Gasteiger charge is -2.06. The lowest BCUT2D eigenvalue weighted by Crippen LogP contribution is -2.14. The molecule has 21 heavy (non-hydrogen) atoms. The summed E-state index contributed by atoms with van der Waals surface area (Å²) in [7, 11) is 1.65. The summed E-state index contributed by atoms with van der Waals surface area (Å²) >= 11 is 5.91. The van der Waals surface area contributed by atoms with E-state index in [-0.39, 0.29) is 11.8 Å². The number of nitrogens with one attached hydrogen (secondary N) is 1. The Bertz CT molecular complexity index is 654. The lowest BCUT2D eigenvalue weighted by molar-refractivity contribution is -0.117. The zero-order valence-corrected chi connectivity index (χ0v) is 12.4. The van der Waals surface area contributed by atoms with Crippen LogP contribution in [0.25, 0.3) is 0 Å². The summed E-state index contributed by atoms with van der Waals surface area (Å²) in [6.07, 6.45) is 0.888. The first kappa shape index (κ1) is 14.0. The predicted molar refractivity (Wildman–Crippen MR) is 83.9 cm³/mol. The Labute approximate surface area is 128 Å². The summed E-state index contributed by atoms with van der Waals surface area (Å²) in [5.41, 5.74) is 1.93. The summed E-state index contributed by atoms with van der Waals surface area (Å²) in [5, 5.41) is 3.54. The van der Waals surface area contributed by atoms with Crippen LogP contribution in [0.1, 0.15) is 17.9 Å². The van der Waals surface area contributed by atoms with Gasteiger partial charge in [-0.3, -0.25) is 4.79 Å². The fraction of sp³-hybridized carbons (Fsp3) is 0.235. The average molecular weight is 302 g/mol. The second kappa shape index (κ2) is 5.78. The largest absolute Gasteiger partial charge is 0.497 e. The number of benzene rings is 2. The van der Waals surface area contributed by atoms with Gasteiger partial charge in [0.05, 0.1) is 7.11 Å². The highest BCUT2D eigenvalue weighted by Crippen LogP contribution is 2.48. The molecule has 4 heteroatoms. The van der Waals surface area contributed by atoms with Crippen LogP contribution in [0.4, 0.5) is 5.69 Å². The van der Waals surface area contributed by atoms with Crippen molar-refractivity contribution in [2.45, 2.75) is 12.3 Å². The van der Waals surface area contributed by atoms with E-state index in [1.807, 2.05) is 36.4 Å². The Morgan fingerprint density at radius 1 is 1.24 bits per heavy atom. The van der Waals surface area contributed by atoms with Gasteiger partial charge >= 0.3 is 0 Å². The first-order valence-electron chi connectivity index (χ1n) is 6.88. The van der Waals surface area contributed by atoms with E-state index < -0.39 is 0 Å². The minimum atomic E-state index is 0.0392. The molecule has 0 heterocycles. The molecule has 3 rings (SSSR count). The number of hydrogen-bond donors (Lipinski definition) is 1. The number of methoxy groups -OCH3 is 1. The molecule has 2 aromatic carbocycles. The molecule has 108 valence electrons. The van der Waals surface area contributed by atoms with Gasteiger partial charge in [-0.15, -0.1) is 0 Å². The van der Waals surface area contributed by atoms with Crippen molar-refractivity contribution in [3.63, 3.8) is 0 Å². The second-order valence-electron chi connectivity index (χ2n) is 5.22. The number of carbonyl (C=O) groups excluding carboxylic acids is 1. The normalized spacial score (nSPS) is 19.9. The Balaban J connectivity index is 1.62. The molecule has 2 aromatic rings. The van der Waals surface area contributed by atoms with E-state index in [0.717, 1.165) is 17.9 Å². The van der Waals surface area contributed by atoms with Gasteiger partial charge < -0.3 is 10.1 Å². The van der Waals surface area contributed by atoms with E-state index in [1.165, 1.54) is 5.56 Å². The third kappa shape index (κ3) is 3.19. The molecule has 0 aliphatic heterocycles. The molecule has 0 bridgehead atoms. The molecule has 2 unspecified atom stereocenters. The van der Waals surface area contributed by atoms with E-state index in [9.17, 15) is 4.79 Å². The molecular formula is C17H16ClNO2. The van der Waals surface area contributed by atoms with Gasteiger partial charge in [0.25, 0.3) is 0 Å². The van der Waals surface area contributed by atoms with E-state index >= 15 is 0 Å². The molecule has 2 atom stereocenters. The quantitative estimate of drug-likeness (QED) is 0.923. The van der Waals surface area contributed by atoms with Crippen LogP contribution >= 0.6 is 11.6 Å². The zero-order chi connectivity index (χ0) is 14.8. The number of carbonyl (C=O) groups is 1. The molecule has 1 fully saturated rings. The van der Waals surface area contributed by atoms with Crippen LogP contribution in [0.2, 0.25) is 5.02 Å². The van der Waals surface area contributed by atoms with Gasteiger partial charge in [-0.2, -0.15) is 0 Å². The molecule has 0 aromatic heterocycles. The van der Waals surface area contributed by atoms with Gasteiger partial charge in [-0.05, 0) is 48.2 Å². The standard InChI is InChI=1S/C17H16ClNO2/c1-21-14-7-5-11(6-8-14)15-10-16(15)17(20)19-13-4-2-3-12(18)9-13/h2-9,15-16H,10H2,1H3,(H,19,20). The van der Waals surface area contributed by atoms with Gasteiger partial charge in [0.2, 0.25) is 5.91 Å². The van der Waals surface area contributed by atoms with Crippen molar-refractivity contribution in [1.82, 2.24) is 0 Å². The molecule has 1 aliphatic rings. The fourth-order valence-electron chi connectivity index (χ4n) is 2.51. The summed E-state index contributed by atoms with van der Waals surface area (Å²) in [6.45, 7) is 0. The Morgan fingerprint density at radius 3 is 2.67 bits per heavy atom. The van der Waals surface area contributed by atoms with Crippen molar-refractivity contribution in [3.05, 3.63) is 59.1 Å². The van der Waals surface area contributed by atoms with Gasteiger partial charge in [0.15, 0.2) is 0 Å². The van der Waals surface area contributed by atoms with Crippen molar-refractivity contribution in [2.24, 2.45) is 5.92 Å². The summed E-state index contributed by atoms with van der Waals surface area (Å²) in [6, 6.07) is 15.1. The highest BCUT2D eigenvalue weighted by molar-refractivity contribution is 6.30.